The van der Waals surface area contributed by atoms with Crippen molar-refractivity contribution >= 4 is 43.5 Å². The zero-order valence-corrected chi connectivity index (χ0v) is 12.4. The summed E-state index contributed by atoms with van der Waals surface area (Å²) in [5, 5.41) is 10.2. The van der Waals surface area contributed by atoms with Gasteiger partial charge in [-0.2, -0.15) is 0 Å². The Balaban J connectivity index is 0.000000810. The van der Waals surface area contributed by atoms with Gasteiger partial charge in [-0.15, -0.1) is 0 Å². The summed E-state index contributed by atoms with van der Waals surface area (Å²) < 4.78 is 0. The minimum atomic E-state index is -0.886. The van der Waals surface area contributed by atoms with Gasteiger partial charge in [0.05, 0.1) is 0 Å². The molecule has 0 saturated heterocycles. The molecule has 1 heterocycles. The monoisotopic (exact) mass is 346 g/mol. The molecule has 0 N–H and O–H groups in total. The fourth-order valence-electron chi connectivity index (χ4n) is 0.341. The summed E-state index contributed by atoms with van der Waals surface area (Å²) in [5.41, 5.74) is 0. The second-order valence-electron chi connectivity index (χ2n) is 1.33. The molecule has 0 spiro atoms. The molecule has 10 heavy (non-hydrogen) atoms. The van der Waals surface area contributed by atoms with E-state index in [1.165, 1.54) is 0 Å². The van der Waals surface area contributed by atoms with E-state index in [4.69, 9.17) is 0 Å². The topological polar surface area (TPSA) is 40.1 Å². The van der Waals surface area contributed by atoms with E-state index in [2.05, 4.69) is 0 Å². The number of carbonyl (C=O) groups is 1. The molecular weight excluding hydrogens is 340 g/mol. The van der Waals surface area contributed by atoms with Gasteiger partial charge in [0, 0.05) is 0 Å². The predicted molar refractivity (Wildman–Crippen MR) is 35.2 cm³/mol. The molecule has 2 nitrogen and oxygen atoms in total. The third-order valence-corrected chi connectivity index (χ3v) is 16.9. The van der Waals surface area contributed by atoms with E-state index >= 15 is 0 Å². The van der Waals surface area contributed by atoms with E-state index in [9.17, 15) is 9.90 Å². The van der Waals surface area contributed by atoms with Crippen LogP contribution in [0.3, 0.4) is 0 Å². The molecule has 1 atom stereocenters. The van der Waals surface area contributed by atoms with Crippen LogP contribution in [0.25, 0.3) is 0 Å². The minimum absolute atomic E-state index is 0. The molecule has 1 rings (SSSR count). The van der Waals surface area contributed by atoms with Crippen LogP contribution in [0.1, 0.15) is 0 Å². The summed E-state index contributed by atoms with van der Waals surface area (Å²) in [5.74, 6) is -0.886. The first-order valence-corrected chi connectivity index (χ1v) is 12.8. The summed E-state index contributed by atoms with van der Waals surface area (Å²) in [6, 6.07) is 0. The molecule has 0 saturated carbocycles. The molecule has 0 aromatic rings. The number of rotatable bonds is 1. The Morgan fingerprint density at radius 2 is 2.30 bits per heavy atom. The Hall–Kier alpha value is 1.77. The summed E-state index contributed by atoms with van der Waals surface area (Å²) in [7, 11) is 0. The zero-order chi connectivity index (χ0) is 6.69. The second-order valence-corrected chi connectivity index (χ2v) is 17.4. The number of aliphatic carboxylic acids is 1. The SMILES string of the molecule is O=C([O-])C1C=C[Se][Se][Se]1.[Na+]. The zero-order valence-electron chi connectivity index (χ0n) is 5.27. The van der Waals surface area contributed by atoms with Crippen molar-refractivity contribution in [3.8, 4) is 0 Å². The fourth-order valence-corrected chi connectivity index (χ4v) is 16.2. The van der Waals surface area contributed by atoms with Crippen molar-refractivity contribution < 1.29 is 39.5 Å². The average molecular weight is 343 g/mol. The van der Waals surface area contributed by atoms with Crippen LogP contribution >= 0.6 is 0 Å². The van der Waals surface area contributed by atoms with Crippen LogP contribution in [-0.2, 0) is 4.79 Å². The van der Waals surface area contributed by atoms with E-state index in [-0.39, 0.29) is 34.4 Å². The largest absolute Gasteiger partial charge is 1.00 e. The molecule has 0 aromatic carbocycles. The van der Waals surface area contributed by atoms with Gasteiger partial charge in [-0.3, -0.25) is 0 Å². The maximum atomic E-state index is 10.2. The first-order chi connectivity index (χ1) is 4.30. The van der Waals surface area contributed by atoms with Gasteiger partial charge in [-0.25, -0.2) is 0 Å². The quantitative estimate of drug-likeness (QED) is 0.448. The van der Waals surface area contributed by atoms with Crippen LogP contribution in [0.4, 0.5) is 0 Å². The van der Waals surface area contributed by atoms with Gasteiger partial charge in [0.15, 0.2) is 0 Å². The van der Waals surface area contributed by atoms with Crippen LogP contribution in [0.5, 0.6) is 0 Å². The standard InChI is InChI=1S/C4H4O2Se3.Na/c5-4(6)3-1-2-7-9-8-3;/h1-3H,(H,5,6);/q;+1/p-1. The number of carboxylic acids is 1. The van der Waals surface area contributed by atoms with Gasteiger partial charge < -0.3 is 0 Å². The van der Waals surface area contributed by atoms with E-state index in [1.807, 2.05) is 4.97 Å². The molecule has 50 valence electrons. The van der Waals surface area contributed by atoms with Gasteiger partial charge >= 0.3 is 98.9 Å². The molecule has 0 aliphatic carbocycles. The van der Waals surface area contributed by atoms with E-state index in [0.717, 1.165) is 0 Å². The molecular formula is C4H3NaO2Se3. The summed E-state index contributed by atoms with van der Waals surface area (Å²) in [6.07, 6.45) is 1.79. The van der Waals surface area contributed by atoms with Crippen molar-refractivity contribution in [3.05, 3.63) is 11.1 Å². The Bertz CT molecular complexity index is 149. The number of carbonyl (C=O) groups excluding carboxylic acids is 1. The third-order valence-electron chi connectivity index (χ3n) is 0.723. The van der Waals surface area contributed by atoms with Crippen LogP contribution in [0.15, 0.2) is 11.1 Å². The van der Waals surface area contributed by atoms with E-state index in [0.29, 0.717) is 37.6 Å². The van der Waals surface area contributed by atoms with Gasteiger partial charge in [0.1, 0.15) is 0 Å². The van der Waals surface area contributed by atoms with Gasteiger partial charge in [0.2, 0.25) is 0 Å². The van der Waals surface area contributed by atoms with Crippen molar-refractivity contribution in [2.45, 2.75) is 4.82 Å². The van der Waals surface area contributed by atoms with Crippen LogP contribution in [-0.4, -0.2) is 43.5 Å². The van der Waals surface area contributed by atoms with Crippen molar-refractivity contribution in [2.75, 3.05) is 0 Å². The smallest absolute Gasteiger partial charge is 1.00 e. The normalized spacial score (nSPS) is 23.4. The molecule has 0 fully saturated rings. The number of hydrogen-bond donors (Lipinski definition) is 0. The first-order valence-electron chi connectivity index (χ1n) is 2.17. The van der Waals surface area contributed by atoms with E-state index < -0.39 is 5.97 Å². The second kappa shape index (κ2) is 6.30. The van der Waals surface area contributed by atoms with Crippen molar-refractivity contribution in [1.82, 2.24) is 0 Å². The molecule has 0 radical (unpaired) electrons. The Labute approximate surface area is 97.5 Å². The fraction of sp³-hybridized carbons (Fsp3) is 0.250. The molecule has 0 amide bonds. The summed E-state index contributed by atoms with van der Waals surface area (Å²) >= 11 is 1.60. The van der Waals surface area contributed by atoms with E-state index in [1.54, 1.807) is 6.08 Å². The summed E-state index contributed by atoms with van der Waals surface area (Å²) in [6.45, 7) is 0. The van der Waals surface area contributed by atoms with Crippen molar-refractivity contribution in [3.63, 3.8) is 0 Å². The maximum Gasteiger partial charge on any atom is 1.00 e. The predicted octanol–water partition coefficient (Wildman–Crippen LogP) is -5.00. The van der Waals surface area contributed by atoms with Crippen LogP contribution < -0.4 is 34.7 Å². The number of hydrogen-bond acceptors (Lipinski definition) is 2. The molecule has 1 aliphatic heterocycles. The maximum absolute atomic E-state index is 10.2. The molecule has 1 aliphatic rings. The Kier molecular flexibility index (Phi) is 7.42. The van der Waals surface area contributed by atoms with Crippen molar-refractivity contribution in [1.29, 1.82) is 0 Å². The van der Waals surface area contributed by atoms with Gasteiger partial charge in [-0.05, 0) is 0 Å². The third kappa shape index (κ3) is 3.96. The van der Waals surface area contributed by atoms with Crippen molar-refractivity contribution in [2.24, 2.45) is 0 Å². The summed E-state index contributed by atoms with van der Waals surface area (Å²) in [4.78, 5) is 12.0. The van der Waals surface area contributed by atoms with Gasteiger partial charge in [-0.1, -0.05) is 0 Å². The first kappa shape index (κ1) is 11.8. The van der Waals surface area contributed by atoms with Crippen LogP contribution in [0.2, 0.25) is 4.82 Å². The molecule has 1 unspecified atom stereocenters. The average Bonchev–Trinajstić information content (AvgIpc) is 1.90. The molecule has 6 heteroatoms. The molecule has 0 bridgehead atoms. The molecule has 0 aromatic heterocycles. The van der Waals surface area contributed by atoms with Gasteiger partial charge in [0.25, 0.3) is 0 Å². The minimum Gasteiger partial charge on any atom is 1.00 e. The Morgan fingerprint density at radius 1 is 1.60 bits per heavy atom. The number of carboxylic acid groups (broad SMARTS) is 1. The van der Waals surface area contributed by atoms with Crippen LogP contribution in [0, 0.1) is 0 Å². The Morgan fingerprint density at radius 3 is 2.60 bits per heavy atom.